The van der Waals surface area contributed by atoms with E-state index in [1.807, 2.05) is 31.7 Å². The molecule has 1 aliphatic heterocycles. The normalized spacial score (nSPS) is 15.4. The van der Waals surface area contributed by atoms with Gasteiger partial charge < -0.3 is 15.0 Å². The van der Waals surface area contributed by atoms with Crippen molar-refractivity contribution in [2.75, 3.05) is 18.0 Å². The highest BCUT2D eigenvalue weighted by Crippen LogP contribution is 2.27. The number of nitro groups is 1. The first kappa shape index (κ1) is 18.5. The largest absolute Gasteiger partial charge is 0.444 e. The van der Waals surface area contributed by atoms with Gasteiger partial charge in [0.15, 0.2) is 0 Å². The van der Waals surface area contributed by atoms with E-state index in [0.717, 1.165) is 0 Å². The Morgan fingerprint density at radius 1 is 1.40 bits per heavy atom. The first-order valence-electron chi connectivity index (χ1n) is 8.12. The SMILES string of the molecule is CC(C)(C)OC(=O)NC1CCN(c2ccc([N+](=O)[O-])cc2C#N)CC1. The van der Waals surface area contributed by atoms with E-state index in [9.17, 15) is 20.2 Å². The summed E-state index contributed by atoms with van der Waals surface area (Å²) in [6, 6.07) is 6.34. The molecule has 1 saturated heterocycles. The van der Waals surface area contributed by atoms with E-state index in [1.165, 1.54) is 12.1 Å². The third kappa shape index (κ3) is 5.08. The summed E-state index contributed by atoms with van der Waals surface area (Å²) in [5.74, 6) is 0. The number of nitrogens with one attached hydrogen (secondary N) is 1. The molecule has 0 aromatic heterocycles. The van der Waals surface area contributed by atoms with Crippen LogP contribution in [-0.2, 0) is 4.74 Å². The van der Waals surface area contributed by atoms with Crippen molar-refractivity contribution in [3.63, 3.8) is 0 Å². The van der Waals surface area contributed by atoms with Gasteiger partial charge in [-0.1, -0.05) is 0 Å². The summed E-state index contributed by atoms with van der Waals surface area (Å²) < 4.78 is 5.25. The Labute approximate surface area is 146 Å². The predicted octanol–water partition coefficient (Wildman–Crippen LogP) is 2.96. The average molecular weight is 346 g/mol. The first-order chi connectivity index (χ1) is 11.7. The second-order valence-electron chi connectivity index (χ2n) is 6.98. The molecule has 0 unspecified atom stereocenters. The number of nitriles is 1. The molecular formula is C17H22N4O4. The minimum atomic E-state index is -0.536. The molecule has 1 amide bonds. The lowest BCUT2D eigenvalue weighted by atomic mass is 10.0. The fraction of sp³-hybridized carbons (Fsp3) is 0.529. The Morgan fingerprint density at radius 2 is 2.04 bits per heavy atom. The van der Waals surface area contributed by atoms with Crippen molar-refractivity contribution in [2.24, 2.45) is 0 Å². The van der Waals surface area contributed by atoms with Gasteiger partial charge in [-0.05, 0) is 39.7 Å². The average Bonchev–Trinajstić information content (AvgIpc) is 2.53. The van der Waals surface area contributed by atoms with Crippen LogP contribution in [-0.4, -0.2) is 35.7 Å². The molecule has 1 N–H and O–H groups in total. The van der Waals surface area contributed by atoms with E-state index in [4.69, 9.17) is 4.74 Å². The molecule has 2 rings (SSSR count). The van der Waals surface area contributed by atoms with Crippen LogP contribution in [0.25, 0.3) is 0 Å². The summed E-state index contributed by atoms with van der Waals surface area (Å²) in [4.78, 5) is 24.2. The second kappa shape index (κ2) is 7.38. The van der Waals surface area contributed by atoms with Gasteiger partial charge in [0.1, 0.15) is 11.7 Å². The van der Waals surface area contributed by atoms with E-state index in [0.29, 0.717) is 31.6 Å². The molecule has 8 nitrogen and oxygen atoms in total. The number of anilines is 1. The minimum absolute atomic E-state index is 0.00897. The van der Waals surface area contributed by atoms with Crippen LogP contribution in [0.5, 0.6) is 0 Å². The maximum Gasteiger partial charge on any atom is 0.407 e. The highest BCUT2D eigenvalue weighted by atomic mass is 16.6. The molecule has 0 bridgehead atoms. The lowest BCUT2D eigenvalue weighted by Gasteiger charge is -2.34. The van der Waals surface area contributed by atoms with Gasteiger partial charge in [0.2, 0.25) is 0 Å². The number of carbonyl (C=O) groups excluding carboxylic acids is 1. The fourth-order valence-electron chi connectivity index (χ4n) is 2.74. The molecule has 0 atom stereocenters. The van der Waals surface area contributed by atoms with Crippen LogP contribution in [0.15, 0.2) is 18.2 Å². The molecule has 1 aromatic rings. The van der Waals surface area contributed by atoms with Gasteiger partial charge in [0, 0.05) is 31.3 Å². The van der Waals surface area contributed by atoms with Crippen LogP contribution in [0.3, 0.4) is 0 Å². The van der Waals surface area contributed by atoms with Gasteiger partial charge >= 0.3 is 6.09 Å². The smallest absolute Gasteiger partial charge is 0.407 e. The minimum Gasteiger partial charge on any atom is -0.444 e. The quantitative estimate of drug-likeness (QED) is 0.666. The van der Waals surface area contributed by atoms with Crippen molar-refractivity contribution in [2.45, 2.75) is 45.3 Å². The molecule has 25 heavy (non-hydrogen) atoms. The van der Waals surface area contributed by atoms with Crippen molar-refractivity contribution >= 4 is 17.5 Å². The van der Waals surface area contributed by atoms with Crippen molar-refractivity contribution in [3.05, 3.63) is 33.9 Å². The molecule has 1 aromatic carbocycles. The number of nitrogens with zero attached hydrogens (tertiary/aromatic N) is 3. The van der Waals surface area contributed by atoms with Crippen molar-refractivity contribution in [3.8, 4) is 6.07 Å². The number of hydrogen-bond acceptors (Lipinski definition) is 6. The number of nitro benzene ring substituents is 1. The number of piperidine rings is 1. The fourth-order valence-corrected chi connectivity index (χ4v) is 2.74. The van der Waals surface area contributed by atoms with Crippen molar-refractivity contribution in [1.82, 2.24) is 5.32 Å². The van der Waals surface area contributed by atoms with Gasteiger partial charge in [0.05, 0.1) is 16.2 Å². The monoisotopic (exact) mass is 346 g/mol. The summed E-state index contributed by atoms with van der Waals surface area (Å²) in [5.41, 5.74) is 0.337. The molecule has 0 spiro atoms. The van der Waals surface area contributed by atoms with Crippen LogP contribution in [0.2, 0.25) is 0 Å². The Morgan fingerprint density at radius 3 is 2.56 bits per heavy atom. The molecular weight excluding hydrogens is 324 g/mol. The van der Waals surface area contributed by atoms with E-state index in [2.05, 4.69) is 5.32 Å². The molecule has 1 heterocycles. The zero-order chi connectivity index (χ0) is 18.6. The van der Waals surface area contributed by atoms with Gasteiger partial charge in [-0.15, -0.1) is 0 Å². The Balaban J connectivity index is 1.97. The standard InChI is InChI=1S/C17H22N4O4/c1-17(2,3)25-16(22)19-13-6-8-20(9-7-13)15-5-4-14(21(23)24)10-12(15)11-18/h4-5,10,13H,6-9H2,1-3H3,(H,19,22). The zero-order valence-corrected chi connectivity index (χ0v) is 14.6. The number of alkyl carbamates (subject to hydrolysis) is 1. The molecule has 1 fully saturated rings. The van der Waals surface area contributed by atoms with Gasteiger partial charge in [-0.3, -0.25) is 10.1 Å². The molecule has 0 radical (unpaired) electrons. The predicted molar refractivity (Wildman–Crippen MR) is 92.4 cm³/mol. The lowest BCUT2D eigenvalue weighted by molar-refractivity contribution is -0.384. The third-order valence-corrected chi connectivity index (χ3v) is 3.87. The topological polar surface area (TPSA) is 108 Å². The van der Waals surface area contributed by atoms with Gasteiger partial charge in [0.25, 0.3) is 5.69 Å². The highest BCUT2D eigenvalue weighted by molar-refractivity contribution is 5.68. The Kier molecular flexibility index (Phi) is 5.47. The molecule has 0 saturated carbocycles. The number of benzene rings is 1. The van der Waals surface area contributed by atoms with Crippen LogP contribution in [0.4, 0.5) is 16.2 Å². The highest BCUT2D eigenvalue weighted by Gasteiger charge is 2.25. The van der Waals surface area contributed by atoms with E-state index in [1.54, 1.807) is 6.07 Å². The second-order valence-corrected chi connectivity index (χ2v) is 6.98. The van der Waals surface area contributed by atoms with Gasteiger partial charge in [-0.2, -0.15) is 5.26 Å². The molecule has 0 aliphatic carbocycles. The number of non-ortho nitro benzene ring substituents is 1. The van der Waals surface area contributed by atoms with Crippen molar-refractivity contribution in [1.29, 1.82) is 5.26 Å². The number of carbonyl (C=O) groups is 1. The van der Waals surface area contributed by atoms with Crippen LogP contribution in [0.1, 0.15) is 39.2 Å². The Bertz CT molecular complexity index is 698. The van der Waals surface area contributed by atoms with E-state index in [-0.39, 0.29) is 17.3 Å². The Hall–Kier alpha value is -2.82. The lowest BCUT2D eigenvalue weighted by Crippen LogP contribution is -2.46. The van der Waals surface area contributed by atoms with E-state index >= 15 is 0 Å². The summed E-state index contributed by atoms with van der Waals surface area (Å²) in [6.45, 7) is 6.73. The number of amides is 1. The molecule has 1 aliphatic rings. The third-order valence-electron chi connectivity index (χ3n) is 3.87. The van der Waals surface area contributed by atoms with Crippen molar-refractivity contribution < 1.29 is 14.5 Å². The zero-order valence-electron chi connectivity index (χ0n) is 14.6. The summed E-state index contributed by atoms with van der Waals surface area (Å²) in [5, 5.41) is 23.0. The van der Waals surface area contributed by atoms with Crippen LogP contribution < -0.4 is 10.2 Å². The maximum atomic E-state index is 11.8. The molecule has 8 heteroatoms. The number of hydrogen-bond donors (Lipinski definition) is 1. The summed E-state index contributed by atoms with van der Waals surface area (Å²) in [6.07, 6.45) is 0.987. The molecule has 134 valence electrons. The summed E-state index contributed by atoms with van der Waals surface area (Å²) in [7, 11) is 0. The number of ether oxygens (including phenoxy) is 1. The van der Waals surface area contributed by atoms with E-state index < -0.39 is 16.6 Å². The summed E-state index contributed by atoms with van der Waals surface area (Å²) >= 11 is 0. The number of rotatable bonds is 3. The van der Waals surface area contributed by atoms with Gasteiger partial charge in [-0.25, -0.2) is 4.79 Å². The van der Waals surface area contributed by atoms with Crippen LogP contribution >= 0.6 is 0 Å². The first-order valence-corrected chi connectivity index (χ1v) is 8.12. The van der Waals surface area contributed by atoms with Crippen LogP contribution in [0, 0.1) is 21.4 Å². The maximum absolute atomic E-state index is 11.8.